The zero-order chi connectivity index (χ0) is 16.9. The molecule has 1 fully saturated rings. The molecule has 126 valence electrons. The number of nitrogens with one attached hydrogen (secondary N) is 1. The Bertz CT molecular complexity index is 452. The van der Waals surface area contributed by atoms with Gasteiger partial charge in [-0.3, -0.25) is 4.79 Å². The summed E-state index contributed by atoms with van der Waals surface area (Å²) < 4.78 is 7.93. The predicted octanol–water partition coefficient (Wildman–Crippen LogP) is 3.74. The quantitative estimate of drug-likeness (QED) is 0.300. The van der Waals surface area contributed by atoms with Crippen molar-refractivity contribution >= 4 is 86.1 Å². The van der Waals surface area contributed by atoms with Gasteiger partial charge in [-0.25, -0.2) is 4.79 Å². The van der Waals surface area contributed by atoms with Crippen LogP contribution < -0.4 is 5.32 Å². The van der Waals surface area contributed by atoms with Crippen LogP contribution in [-0.4, -0.2) is 43.2 Å². The molecule has 1 N–H and O–H groups in total. The van der Waals surface area contributed by atoms with E-state index in [9.17, 15) is 9.59 Å². The normalized spacial score (nSPS) is 22.3. The van der Waals surface area contributed by atoms with Gasteiger partial charge in [0.2, 0.25) is 5.91 Å². The fraction of sp³-hybridized carbons (Fsp3) is 0.727. The van der Waals surface area contributed by atoms with Crippen molar-refractivity contribution in [1.82, 2.24) is 5.32 Å². The Balaban J connectivity index is 2.68. The average Bonchev–Trinajstić information content (AvgIpc) is 2.37. The van der Waals surface area contributed by atoms with Gasteiger partial charge in [0.25, 0.3) is 4.52 Å². The van der Waals surface area contributed by atoms with Gasteiger partial charge in [-0.2, -0.15) is 0 Å². The number of thioether (sulfide) groups is 2. The number of halogens is 3. The van der Waals surface area contributed by atoms with E-state index in [2.05, 4.69) is 10.1 Å². The molecule has 1 saturated heterocycles. The highest BCUT2D eigenvalue weighted by Gasteiger charge is 2.54. The van der Waals surface area contributed by atoms with Gasteiger partial charge in [0.1, 0.15) is 8.91 Å². The SMILES string of the molecule is CCOC(=O)OC(Cl)(Cl)C(Cl)[C@@H]1C(=O)N[C@@H]1SC(=S)SCC. The van der Waals surface area contributed by atoms with Crippen molar-refractivity contribution in [1.29, 1.82) is 0 Å². The molecule has 0 spiro atoms. The van der Waals surface area contributed by atoms with Crippen LogP contribution in [0.1, 0.15) is 13.8 Å². The highest BCUT2D eigenvalue weighted by atomic mass is 35.5. The number of alkyl halides is 3. The molecule has 1 rings (SSSR count). The molecule has 0 aromatic carbocycles. The first kappa shape index (κ1) is 20.4. The second-order valence-electron chi connectivity index (χ2n) is 4.00. The Morgan fingerprint density at radius 1 is 1.50 bits per heavy atom. The van der Waals surface area contributed by atoms with E-state index in [-0.39, 0.29) is 17.9 Å². The maximum Gasteiger partial charge on any atom is 0.510 e. The monoisotopic (exact) mass is 425 g/mol. The molecule has 5 nitrogen and oxygen atoms in total. The van der Waals surface area contributed by atoms with Crippen LogP contribution >= 0.6 is 70.5 Å². The van der Waals surface area contributed by atoms with Crippen molar-refractivity contribution in [3.05, 3.63) is 0 Å². The summed E-state index contributed by atoms with van der Waals surface area (Å²) >= 11 is 25.9. The molecular weight excluding hydrogens is 413 g/mol. The Morgan fingerprint density at radius 2 is 2.14 bits per heavy atom. The van der Waals surface area contributed by atoms with Crippen LogP contribution in [-0.2, 0) is 14.3 Å². The predicted molar refractivity (Wildman–Crippen MR) is 95.9 cm³/mol. The summed E-state index contributed by atoms with van der Waals surface area (Å²) in [4.78, 5) is 23.0. The number of carbonyl (C=O) groups excluding carboxylic acids is 2. The number of β-lactam (4-membered cyclic amide) rings is 1. The van der Waals surface area contributed by atoms with E-state index in [0.29, 0.717) is 3.53 Å². The first-order valence-electron chi connectivity index (χ1n) is 6.24. The summed E-state index contributed by atoms with van der Waals surface area (Å²) in [7, 11) is 0. The summed E-state index contributed by atoms with van der Waals surface area (Å²) in [5.41, 5.74) is 0. The van der Waals surface area contributed by atoms with Crippen LogP contribution in [0.15, 0.2) is 0 Å². The number of hydrogen-bond acceptors (Lipinski definition) is 7. The minimum absolute atomic E-state index is 0.0978. The molecule has 0 radical (unpaired) electrons. The molecule has 0 aromatic heterocycles. The molecule has 0 aromatic rings. The lowest BCUT2D eigenvalue weighted by molar-refractivity contribution is -0.133. The lowest BCUT2D eigenvalue weighted by Gasteiger charge is -2.41. The lowest BCUT2D eigenvalue weighted by Crippen LogP contribution is -2.63. The van der Waals surface area contributed by atoms with E-state index < -0.39 is 22.0 Å². The van der Waals surface area contributed by atoms with Crippen LogP contribution in [0.5, 0.6) is 0 Å². The lowest BCUT2D eigenvalue weighted by atomic mass is 9.97. The van der Waals surface area contributed by atoms with Gasteiger partial charge in [0.05, 0.1) is 17.9 Å². The number of rotatable bonds is 6. The number of hydrogen-bond donors (Lipinski definition) is 1. The molecule has 0 aliphatic carbocycles. The number of thiocarbonyl (C=S) groups is 1. The van der Waals surface area contributed by atoms with Crippen molar-refractivity contribution in [3.63, 3.8) is 0 Å². The van der Waals surface area contributed by atoms with Gasteiger partial charge < -0.3 is 14.8 Å². The summed E-state index contributed by atoms with van der Waals surface area (Å²) in [6, 6.07) is 0. The first-order chi connectivity index (χ1) is 10.2. The van der Waals surface area contributed by atoms with Crippen molar-refractivity contribution in [2.45, 2.75) is 29.1 Å². The first-order valence-corrected chi connectivity index (χ1v) is 9.70. The molecule has 1 aliphatic rings. The molecule has 0 saturated carbocycles. The molecule has 1 heterocycles. The topological polar surface area (TPSA) is 64.6 Å². The van der Waals surface area contributed by atoms with Gasteiger partial charge >= 0.3 is 6.16 Å². The van der Waals surface area contributed by atoms with Gasteiger partial charge in [-0.05, 0) is 12.7 Å². The number of amides is 1. The zero-order valence-electron chi connectivity index (χ0n) is 11.6. The summed E-state index contributed by atoms with van der Waals surface area (Å²) in [6.07, 6.45) is -1.06. The van der Waals surface area contributed by atoms with E-state index in [1.165, 1.54) is 23.5 Å². The molecule has 1 aliphatic heterocycles. The highest BCUT2D eigenvalue weighted by Crippen LogP contribution is 2.43. The van der Waals surface area contributed by atoms with Crippen molar-refractivity contribution in [3.8, 4) is 0 Å². The average molecular weight is 427 g/mol. The molecule has 1 amide bonds. The zero-order valence-corrected chi connectivity index (χ0v) is 16.4. The smallest absolute Gasteiger partial charge is 0.435 e. The van der Waals surface area contributed by atoms with Crippen LogP contribution in [0.4, 0.5) is 4.79 Å². The maximum absolute atomic E-state index is 11.7. The summed E-state index contributed by atoms with van der Waals surface area (Å²) in [6.45, 7) is 3.66. The van der Waals surface area contributed by atoms with Gasteiger partial charge in [0, 0.05) is 0 Å². The largest absolute Gasteiger partial charge is 0.510 e. The van der Waals surface area contributed by atoms with Crippen molar-refractivity contribution < 1.29 is 19.1 Å². The molecule has 22 heavy (non-hydrogen) atoms. The van der Waals surface area contributed by atoms with Crippen molar-refractivity contribution in [2.24, 2.45) is 5.92 Å². The fourth-order valence-corrected chi connectivity index (χ4v) is 4.97. The third-order valence-corrected chi connectivity index (χ3v) is 6.61. The van der Waals surface area contributed by atoms with E-state index in [1.54, 1.807) is 6.92 Å². The Kier molecular flexibility index (Phi) is 8.39. The Morgan fingerprint density at radius 3 is 2.64 bits per heavy atom. The van der Waals surface area contributed by atoms with E-state index >= 15 is 0 Å². The van der Waals surface area contributed by atoms with E-state index in [4.69, 9.17) is 51.8 Å². The minimum Gasteiger partial charge on any atom is -0.435 e. The third kappa shape index (κ3) is 5.49. The molecule has 3 atom stereocenters. The third-order valence-electron chi connectivity index (χ3n) is 2.52. The van der Waals surface area contributed by atoms with Crippen LogP contribution in [0, 0.1) is 5.92 Å². The second-order valence-corrected chi connectivity index (χ2v) is 9.40. The fourth-order valence-electron chi connectivity index (χ4n) is 1.54. The molecule has 11 heteroatoms. The highest BCUT2D eigenvalue weighted by molar-refractivity contribution is 8.47. The number of carbonyl (C=O) groups is 2. The second kappa shape index (κ2) is 9.03. The number of ether oxygens (including phenoxy) is 2. The van der Waals surface area contributed by atoms with E-state index in [0.717, 1.165) is 5.75 Å². The van der Waals surface area contributed by atoms with Crippen molar-refractivity contribution in [2.75, 3.05) is 12.4 Å². The summed E-state index contributed by atoms with van der Waals surface area (Å²) in [5, 5.41) is 1.14. The van der Waals surface area contributed by atoms with Crippen LogP contribution in [0.25, 0.3) is 0 Å². The maximum atomic E-state index is 11.7. The summed E-state index contributed by atoms with van der Waals surface area (Å²) in [5.74, 6) is -0.256. The van der Waals surface area contributed by atoms with Gasteiger partial charge in [0.15, 0.2) is 0 Å². The molecule has 1 unspecified atom stereocenters. The van der Waals surface area contributed by atoms with Crippen LogP contribution in [0.3, 0.4) is 0 Å². The Hall–Kier alpha value is 0.400. The molecular formula is C11H14Cl3NO4S3. The van der Waals surface area contributed by atoms with Gasteiger partial charge in [-0.15, -0.1) is 23.4 Å². The standard InChI is InChI=1S/C11H14Cl3NO4S3/c1-3-18-9(17)19-11(13,14)6(12)5-7(16)15-8(5)22-10(20)21-4-2/h5-6,8H,3-4H2,1-2H3,(H,15,16)/t5-,6?,8-/m1/s1. The van der Waals surface area contributed by atoms with Gasteiger partial charge in [-0.1, -0.05) is 54.1 Å². The molecule has 0 bridgehead atoms. The van der Waals surface area contributed by atoms with Crippen LogP contribution in [0.2, 0.25) is 0 Å². The minimum atomic E-state index is -2.09. The van der Waals surface area contributed by atoms with E-state index in [1.807, 2.05) is 6.92 Å². The Labute approximate surface area is 157 Å².